The van der Waals surface area contributed by atoms with Gasteiger partial charge >= 0.3 is 0 Å². The summed E-state index contributed by atoms with van der Waals surface area (Å²) in [7, 11) is 0. The van der Waals surface area contributed by atoms with Crippen molar-refractivity contribution in [2.45, 2.75) is 12.1 Å². The van der Waals surface area contributed by atoms with E-state index >= 15 is 0 Å². The van der Waals surface area contributed by atoms with Gasteiger partial charge in [-0.05, 0) is 61.0 Å². The van der Waals surface area contributed by atoms with Crippen LogP contribution in [-0.2, 0) is 4.79 Å². The zero-order valence-electron chi connectivity index (χ0n) is 17.5. The predicted octanol–water partition coefficient (Wildman–Crippen LogP) is 3.39. The first-order valence-electron chi connectivity index (χ1n) is 9.99. The van der Waals surface area contributed by atoms with E-state index in [4.69, 9.17) is 0 Å². The van der Waals surface area contributed by atoms with Crippen molar-refractivity contribution in [3.8, 4) is 5.69 Å². The minimum absolute atomic E-state index is 0.0969. The van der Waals surface area contributed by atoms with E-state index in [1.807, 2.05) is 25.1 Å². The number of fused-ring (bicyclic) bond motifs is 1. The SMILES string of the molecule is Cc1cccc(-n2c(SCC(=O)NNC(=O)c3ccc(F)cc3)nc3ccccc3c2=O)c1. The second-order valence-corrected chi connectivity index (χ2v) is 8.13. The van der Waals surface area contributed by atoms with Crippen molar-refractivity contribution in [1.82, 2.24) is 20.4 Å². The highest BCUT2D eigenvalue weighted by atomic mass is 32.2. The van der Waals surface area contributed by atoms with Crippen molar-refractivity contribution >= 4 is 34.5 Å². The van der Waals surface area contributed by atoms with Gasteiger partial charge in [-0.3, -0.25) is 29.8 Å². The van der Waals surface area contributed by atoms with Crippen molar-refractivity contribution < 1.29 is 14.0 Å². The number of aromatic nitrogens is 2. The minimum Gasteiger partial charge on any atom is -0.272 e. The lowest BCUT2D eigenvalue weighted by Gasteiger charge is -2.14. The van der Waals surface area contributed by atoms with Gasteiger partial charge < -0.3 is 0 Å². The molecule has 2 N–H and O–H groups in total. The number of hydrogen-bond donors (Lipinski definition) is 2. The number of hydrogen-bond acceptors (Lipinski definition) is 5. The molecule has 0 atom stereocenters. The van der Waals surface area contributed by atoms with Crippen LogP contribution < -0.4 is 16.4 Å². The molecule has 0 aliphatic carbocycles. The lowest BCUT2D eigenvalue weighted by molar-refractivity contribution is -0.119. The highest BCUT2D eigenvalue weighted by Gasteiger charge is 2.15. The van der Waals surface area contributed by atoms with E-state index in [0.29, 0.717) is 21.7 Å². The lowest BCUT2D eigenvalue weighted by Crippen LogP contribution is -2.42. The molecule has 0 bridgehead atoms. The summed E-state index contributed by atoms with van der Waals surface area (Å²) in [6.07, 6.45) is 0. The number of nitrogens with zero attached hydrogens (tertiary/aromatic N) is 2. The van der Waals surface area contributed by atoms with Crippen LogP contribution in [0.1, 0.15) is 15.9 Å². The maximum absolute atomic E-state index is 13.2. The van der Waals surface area contributed by atoms with Crippen LogP contribution in [0.3, 0.4) is 0 Å². The van der Waals surface area contributed by atoms with Crippen molar-refractivity contribution in [3.63, 3.8) is 0 Å². The first-order valence-corrected chi connectivity index (χ1v) is 11.0. The van der Waals surface area contributed by atoms with E-state index < -0.39 is 17.6 Å². The van der Waals surface area contributed by atoms with E-state index in [0.717, 1.165) is 29.5 Å². The zero-order chi connectivity index (χ0) is 23.4. The third-order valence-electron chi connectivity index (χ3n) is 4.76. The number of rotatable bonds is 5. The molecular formula is C24H19FN4O3S. The summed E-state index contributed by atoms with van der Waals surface area (Å²) in [6, 6.07) is 19.4. The van der Waals surface area contributed by atoms with Gasteiger partial charge in [-0.25, -0.2) is 9.37 Å². The van der Waals surface area contributed by atoms with E-state index in [-0.39, 0.29) is 16.9 Å². The average molecular weight is 463 g/mol. The zero-order valence-corrected chi connectivity index (χ0v) is 18.4. The topological polar surface area (TPSA) is 93.1 Å². The first-order chi connectivity index (χ1) is 15.9. The summed E-state index contributed by atoms with van der Waals surface area (Å²) in [5.41, 5.74) is 6.72. The predicted molar refractivity (Wildman–Crippen MR) is 125 cm³/mol. The molecule has 4 rings (SSSR count). The fourth-order valence-corrected chi connectivity index (χ4v) is 3.98. The summed E-state index contributed by atoms with van der Waals surface area (Å²) in [6.45, 7) is 1.92. The Morgan fingerprint density at radius 3 is 2.52 bits per heavy atom. The molecule has 0 saturated carbocycles. The Morgan fingerprint density at radius 1 is 1.00 bits per heavy atom. The van der Waals surface area contributed by atoms with Gasteiger partial charge in [0.15, 0.2) is 5.16 Å². The van der Waals surface area contributed by atoms with E-state index in [9.17, 15) is 18.8 Å². The first kappa shape index (κ1) is 22.2. The Kier molecular flexibility index (Phi) is 6.50. The van der Waals surface area contributed by atoms with Gasteiger partial charge in [0.2, 0.25) is 5.91 Å². The number of para-hydroxylation sites is 1. The van der Waals surface area contributed by atoms with Crippen LogP contribution in [0.2, 0.25) is 0 Å². The third kappa shape index (κ3) is 5.09. The molecule has 9 heteroatoms. The van der Waals surface area contributed by atoms with Gasteiger partial charge in [-0.15, -0.1) is 0 Å². The van der Waals surface area contributed by atoms with E-state index in [2.05, 4.69) is 15.8 Å². The third-order valence-corrected chi connectivity index (χ3v) is 5.70. The molecule has 0 spiro atoms. The Morgan fingerprint density at radius 2 is 1.76 bits per heavy atom. The Bertz CT molecular complexity index is 1400. The van der Waals surface area contributed by atoms with Crippen LogP contribution in [0.4, 0.5) is 4.39 Å². The monoisotopic (exact) mass is 462 g/mol. The van der Waals surface area contributed by atoms with Gasteiger partial charge in [0.25, 0.3) is 11.5 Å². The number of hydrazine groups is 1. The number of carbonyl (C=O) groups excluding carboxylic acids is 2. The summed E-state index contributed by atoms with van der Waals surface area (Å²) in [5, 5.41) is 0.823. The molecule has 2 amide bonds. The van der Waals surface area contributed by atoms with Gasteiger partial charge in [0.05, 0.1) is 22.3 Å². The van der Waals surface area contributed by atoms with Crippen molar-refractivity contribution in [1.29, 1.82) is 0 Å². The van der Waals surface area contributed by atoms with Crippen molar-refractivity contribution in [2.24, 2.45) is 0 Å². The lowest BCUT2D eigenvalue weighted by atomic mass is 10.2. The maximum Gasteiger partial charge on any atom is 0.269 e. The van der Waals surface area contributed by atoms with Crippen LogP contribution in [0.25, 0.3) is 16.6 Å². The summed E-state index contributed by atoms with van der Waals surface area (Å²) >= 11 is 1.07. The molecule has 0 saturated heterocycles. The number of thioether (sulfide) groups is 1. The fraction of sp³-hybridized carbons (Fsp3) is 0.0833. The molecule has 3 aromatic carbocycles. The van der Waals surface area contributed by atoms with E-state index in [1.54, 1.807) is 30.3 Å². The van der Waals surface area contributed by atoms with Crippen molar-refractivity contribution in [2.75, 3.05) is 5.75 Å². The highest BCUT2D eigenvalue weighted by Crippen LogP contribution is 2.21. The molecule has 1 aromatic heterocycles. The van der Waals surface area contributed by atoms with Crippen LogP contribution in [0.15, 0.2) is 82.7 Å². The summed E-state index contributed by atoms with van der Waals surface area (Å²) in [5.74, 6) is -1.63. The van der Waals surface area contributed by atoms with Crippen LogP contribution in [-0.4, -0.2) is 27.1 Å². The molecule has 4 aromatic rings. The number of carbonyl (C=O) groups is 2. The quantitative estimate of drug-likeness (QED) is 0.269. The van der Waals surface area contributed by atoms with Crippen LogP contribution >= 0.6 is 11.8 Å². The summed E-state index contributed by atoms with van der Waals surface area (Å²) < 4.78 is 14.5. The largest absolute Gasteiger partial charge is 0.272 e. The van der Waals surface area contributed by atoms with Gasteiger partial charge in [0, 0.05) is 5.56 Å². The molecule has 1 heterocycles. The molecule has 0 radical (unpaired) electrons. The number of benzene rings is 3. The minimum atomic E-state index is -0.575. The molecule has 0 unspecified atom stereocenters. The second-order valence-electron chi connectivity index (χ2n) is 7.19. The number of aryl methyl sites for hydroxylation is 1. The normalized spacial score (nSPS) is 10.7. The molecule has 0 fully saturated rings. The Labute approximate surface area is 192 Å². The highest BCUT2D eigenvalue weighted by molar-refractivity contribution is 7.99. The van der Waals surface area contributed by atoms with Gasteiger partial charge in [-0.1, -0.05) is 36.0 Å². The molecule has 33 heavy (non-hydrogen) atoms. The number of nitrogens with one attached hydrogen (secondary N) is 2. The number of amides is 2. The molecule has 7 nitrogen and oxygen atoms in total. The smallest absolute Gasteiger partial charge is 0.269 e. The second kappa shape index (κ2) is 9.66. The van der Waals surface area contributed by atoms with Crippen LogP contribution in [0, 0.1) is 12.7 Å². The molecule has 0 aliphatic heterocycles. The molecule has 166 valence electrons. The van der Waals surface area contributed by atoms with Crippen LogP contribution in [0.5, 0.6) is 0 Å². The maximum atomic E-state index is 13.2. The number of halogens is 1. The standard InChI is InChI=1S/C24H19FN4O3S/c1-15-5-4-6-18(13-15)29-23(32)19-7-2-3-8-20(19)26-24(29)33-14-21(30)27-28-22(31)16-9-11-17(25)12-10-16/h2-13H,14H2,1H3,(H,27,30)(H,28,31). The van der Waals surface area contributed by atoms with E-state index in [1.165, 1.54) is 16.7 Å². The fourth-order valence-electron chi connectivity index (χ4n) is 3.17. The molecular weight excluding hydrogens is 443 g/mol. The van der Waals surface area contributed by atoms with Crippen molar-refractivity contribution in [3.05, 3.63) is 100 Å². The van der Waals surface area contributed by atoms with Gasteiger partial charge in [-0.2, -0.15) is 0 Å². The Hall–Kier alpha value is -3.98. The van der Waals surface area contributed by atoms with Gasteiger partial charge in [0.1, 0.15) is 5.82 Å². The Balaban J connectivity index is 1.53. The summed E-state index contributed by atoms with van der Waals surface area (Å²) in [4.78, 5) is 42.2. The average Bonchev–Trinajstić information content (AvgIpc) is 2.81. The molecule has 0 aliphatic rings.